The number of piperidine rings is 1. The van der Waals surface area contributed by atoms with Gasteiger partial charge in [-0.3, -0.25) is 9.59 Å². The Morgan fingerprint density at radius 3 is 2.42 bits per heavy atom. The number of carbonyl (C=O) groups excluding carboxylic acids is 2. The monoisotopic (exact) mass is 434 g/mol. The van der Waals surface area contributed by atoms with Crippen molar-refractivity contribution in [3.05, 3.63) is 57.9 Å². The van der Waals surface area contributed by atoms with Crippen LogP contribution in [0.2, 0.25) is 0 Å². The van der Waals surface area contributed by atoms with Crippen LogP contribution in [0.4, 0.5) is 0 Å². The first-order valence-electron chi connectivity index (χ1n) is 10.9. The summed E-state index contributed by atoms with van der Waals surface area (Å²) in [5.74, 6) is 1.45. The van der Waals surface area contributed by atoms with Crippen LogP contribution in [0.1, 0.15) is 68.7 Å². The van der Waals surface area contributed by atoms with E-state index in [4.69, 9.17) is 9.97 Å². The summed E-state index contributed by atoms with van der Waals surface area (Å²) in [6.07, 6.45) is 3.85. The third-order valence-electron chi connectivity index (χ3n) is 6.28. The molecule has 0 spiro atoms. The van der Waals surface area contributed by atoms with Crippen LogP contribution >= 0.6 is 11.3 Å². The second-order valence-corrected chi connectivity index (χ2v) is 9.58. The van der Waals surface area contributed by atoms with Gasteiger partial charge in [0.1, 0.15) is 10.7 Å². The molecule has 7 heteroatoms. The maximum absolute atomic E-state index is 13.3. The minimum atomic E-state index is -0.0498. The van der Waals surface area contributed by atoms with Gasteiger partial charge in [0.05, 0.1) is 10.6 Å². The van der Waals surface area contributed by atoms with Crippen molar-refractivity contribution in [2.45, 2.75) is 51.5 Å². The topological polar surface area (TPSA) is 75.2 Å². The third kappa shape index (κ3) is 3.94. The number of aromatic nitrogens is 2. The van der Waals surface area contributed by atoms with E-state index >= 15 is 0 Å². The summed E-state index contributed by atoms with van der Waals surface area (Å²) >= 11 is 1.50. The van der Waals surface area contributed by atoms with Crippen molar-refractivity contribution in [3.63, 3.8) is 0 Å². The van der Waals surface area contributed by atoms with Gasteiger partial charge < -0.3 is 10.2 Å². The van der Waals surface area contributed by atoms with E-state index in [2.05, 4.69) is 5.32 Å². The molecule has 1 aliphatic heterocycles. The molecule has 1 saturated carbocycles. The molecular weight excluding hydrogens is 408 g/mol. The molecule has 0 atom stereocenters. The fourth-order valence-corrected chi connectivity index (χ4v) is 5.52. The summed E-state index contributed by atoms with van der Waals surface area (Å²) in [5, 5.41) is 4.14. The number of hydrogen-bond acceptors (Lipinski definition) is 5. The number of rotatable bonds is 4. The Morgan fingerprint density at radius 1 is 1.03 bits per heavy atom. The van der Waals surface area contributed by atoms with Crippen molar-refractivity contribution in [2.75, 3.05) is 13.1 Å². The van der Waals surface area contributed by atoms with Crippen LogP contribution in [-0.2, 0) is 0 Å². The summed E-state index contributed by atoms with van der Waals surface area (Å²) in [7, 11) is 0. The van der Waals surface area contributed by atoms with E-state index in [9.17, 15) is 9.59 Å². The molecule has 160 valence electrons. The van der Waals surface area contributed by atoms with E-state index < -0.39 is 0 Å². The molecule has 1 aromatic carbocycles. The fourth-order valence-electron chi connectivity index (χ4n) is 4.32. The van der Waals surface area contributed by atoms with Crippen molar-refractivity contribution >= 4 is 33.4 Å². The summed E-state index contributed by atoms with van der Waals surface area (Å²) < 4.78 is 0. The minimum absolute atomic E-state index is 0.0498. The van der Waals surface area contributed by atoms with Gasteiger partial charge in [-0.2, -0.15) is 0 Å². The van der Waals surface area contributed by atoms with Gasteiger partial charge in [-0.25, -0.2) is 9.97 Å². The lowest BCUT2D eigenvalue weighted by Gasteiger charge is -2.32. The van der Waals surface area contributed by atoms with E-state index in [-0.39, 0.29) is 17.9 Å². The molecule has 1 saturated heterocycles. The number of hydrogen-bond donors (Lipinski definition) is 1. The van der Waals surface area contributed by atoms with Gasteiger partial charge in [0.15, 0.2) is 0 Å². The molecule has 6 nitrogen and oxygen atoms in total. The minimum Gasteiger partial charge on any atom is -0.349 e. The molecule has 31 heavy (non-hydrogen) atoms. The Balaban J connectivity index is 1.27. The Bertz CT molecular complexity index is 1150. The number of nitrogens with zero attached hydrogens (tertiary/aromatic N) is 3. The number of amides is 2. The molecule has 3 aromatic rings. The molecule has 0 unspecified atom stereocenters. The van der Waals surface area contributed by atoms with Crippen molar-refractivity contribution < 1.29 is 9.59 Å². The average Bonchev–Trinajstić information content (AvgIpc) is 3.58. The van der Waals surface area contributed by atoms with Gasteiger partial charge in [0.25, 0.3) is 11.8 Å². The predicted octanol–water partition coefficient (Wildman–Crippen LogP) is 4.22. The highest BCUT2D eigenvalue weighted by Gasteiger charge is 2.30. The average molecular weight is 435 g/mol. The largest absolute Gasteiger partial charge is 0.349 e. The van der Waals surface area contributed by atoms with Crippen LogP contribution in [0.3, 0.4) is 0 Å². The SMILES string of the molecule is Cc1nc(C2CC2)nc2sc(C(=O)N3CCC(NC(=O)c4ccccc4)CC3)c(C)c12. The zero-order chi connectivity index (χ0) is 21.5. The summed E-state index contributed by atoms with van der Waals surface area (Å²) in [4.78, 5) is 38.8. The molecule has 1 N–H and O–H groups in total. The molecular formula is C24H26N4O2S. The first-order valence-corrected chi connectivity index (χ1v) is 11.8. The second kappa shape index (κ2) is 8.04. The number of thiophene rings is 1. The zero-order valence-electron chi connectivity index (χ0n) is 17.9. The lowest BCUT2D eigenvalue weighted by Crippen LogP contribution is -2.46. The Morgan fingerprint density at radius 2 is 1.74 bits per heavy atom. The Hall–Kier alpha value is -2.80. The number of likely N-dealkylation sites (tertiary alicyclic amines) is 1. The zero-order valence-corrected chi connectivity index (χ0v) is 18.7. The summed E-state index contributed by atoms with van der Waals surface area (Å²) in [5.41, 5.74) is 2.63. The highest BCUT2D eigenvalue weighted by Crippen LogP contribution is 2.40. The molecule has 5 rings (SSSR count). The van der Waals surface area contributed by atoms with Gasteiger partial charge in [-0.15, -0.1) is 11.3 Å². The number of aryl methyl sites for hydroxylation is 2. The van der Waals surface area contributed by atoms with Crippen LogP contribution in [-0.4, -0.2) is 45.8 Å². The Labute approximate surface area is 185 Å². The van der Waals surface area contributed by atoms with E-state index in [1.165, 1.54) is 11.3 Å². The summed E-state index contributed by atoms with van der Waals surface area (Å²) in [6.45, 7) is 5.31. The van der Waals surface area contributed by atoms with E-state index in [1.807, 2.05) is 49.1 Å². The van der Waals surface area contributed by atoms with Gasteiger partial charge in [0.2, 0.25) is 0 Å². The normalized spacial score (nSPS) is 17.2. The fraction of sp³-hybridized carbons (Fsp3) is 0.417. The maximum atomic E-state index is 13.3. The lowest BCUT2D eigenvalue weighted by molar-refractivity contribution is 0.0702. The van der Waals surface area contributed by atoms with Crippen molar-refractivity contribution in [2.24, 2.45) is 0 Å². The molecule has 2 aromatic heterocycles. The number of benzene rings is 1. The first-order chi connectivity index (χ1) is 15.0. The third-order valence-corrected chi connectivity index (χ3v) is 7.45. The Kier molecular flexibility index (Phi) is 5.22. The summed E-state index contributed by atoms with van der Waals surface area (Å²) in [6, 6.07) is 9.35. The molecule has 2 amide bonds. The van der Waals surface area contributed by atoms with Gasteiger partial charge in [-0.05, 0) is 57.2 Å². The first kappa shape index (κ1) is 20.1. The molecule has 3 heterocycles. The van der Waals surface area contributed by atoms with E-state index in [0.29, 0.717) is 24.6 Å². The smallest absolute Gasteiger partial charge is 0.264 e. The van der Waals surface area contributed by atoms with Crippen LogP contribution in [0.25, 0.3) is 10.2 Å². The van der Waals surface area contributed by atoms with Crippen LogP contribution in [0.5, 0.6) is 0 Å². The molecule has 0 bridgehead atoms. The maximum Gasteiger partial charge on any atom is 0.264 e. The van der Waals surface area contributed by atoms with Crippen molar-refractivity contribution in [1.29, 1.82) is 0 Å². The quantitative estimate of drug-likeness (QED) is 0.667. The standard InChI is InChI=1S/C24H26N4O2S/c1-14-19-15(2)25-21(16-8-9-16)27-23(19)31-20(14)24(30)28-12-10-18(11-13-28)26-22(29)17-6-4-3-5-7-17/h3-7,16,18H,8-13H2,1-2H3,(H,26,29). The number of fused-ring (bicyclic) bond motifs is 1. The number of carbonyl (C=O) groups is 2. The van der Waals surface area contributed by atoms with Gasteiger partial charge in [0, 0.05) is 36.0 Å². The predicted molar refractivity (Wildman–Crippen MR) is 122 cm³/mol. The van der Waals surface area contributed by atoms with Crippen molar-refractivity contribution in [1.82, 2.24) is 20.2 Å². The molecule has 2 aliphatic rings. The van der Waals surface area contributed by atoms with Gasteiger partial charge >= 0.3 is 0 Å². The second-order valence-electron chi connectivity index (χ2n) is 8.58. The van der Waals surface area contributed by atoms with Crippen LogP contribution in [0, 0.1) is 13.8 Å². The van der Waals surface area contributed by atoms with Crippen LogP contribution in [0.15, 0.2) is 30.3 Å². The number of nitrogens with one attached hydrogen (secondary N) is 1. The highest BCUT2D eigenvalue weighted by molar-refractivity contribution is 7.20. The van der Waals surface area contributed by atoms with Crippen molar-refractivity contribution in [3.8, 4) is 0 Å². The van der Waals surface area contributed by atoms with Crippen LogP contribution < -0.4 is 5.32 Å². The molecule has 1 aliphatic carbocycles. The van der Waals surface area contributed by atoms with E-state index in [0.717, 1.165) is 57.9 Å². The molecule has 0 radical (unpaired) electrons. The lowest BCUT2D eigenvalue weighted by atomic mass is 10.0. The van der Waals surface area contributed by atoms with E-state index in [1.54, 1.807) is 0 Å². The van der Waals surface area contributed by atoms with Gasteiger partial charge in [-0.1, -0.05) is 18.2 Å². The molecule has 2 fully saturated rings. The highest BCUT2D eigenvalue weighted by atomic mass is 32.1.